The Morgan fingerprint density at radius 1 is 1.03 bits per heavy atom. The fourth-order valence-corrected chi connectivity index (χ4v) is 5.20. The average molecular weight is 486 g/mol. The Labute approximate surface area is 194 Å². The monoisotopic (exact) mass is 485 g/mol. The van der Waals surface area contributed by atoms with Gasteiger partial charge in [0.05, 0.1) is 7.11 Å². The van der Waals surface area contributed by atoms with E-state index in [4.69, 9.17) is 4.74 Å². The molecule has 0 aromatic heterocycles. The summed E-state index contributed by atoms with van der Waals surface area (Å²) in [6, 6.07) is 16.6. The number of benzene rings is 2. The van der Waals surface area contributed by atoms with Gasteiger partial charge < -0.3 is 14.5 Å². The Balaban J connectivity index is 1.28. The number of methoxy groups -OCH3 is 1. The predicted molar refractivity (Wildman–Crippen MR) is 129 cm³/mol. The van der Waals surface area contributed by atoms with Gasteiger partial charge in [0.1, 0.15) is 5.75 Å². The summed E-state index contributed by atoms with van der Waals surface area (Å²) in [7, 11) is 3.67. The van der Waals surface area contributed by atoms with Crippen molar-refractivity contribution in [3.63, 3.8) is 0 Å². The number of para-hydroxylation sites is 1. The van der Waals surface area contributed by atoms with E-state index < -0.39 is 0 Å². The summed E-state index contributed by atoms with van der Waals surface area (Å²) in [6.07, 6.45) is 4.49. The van der Waals surface area contributed by atoms with Crippen LogP contribution in [-0.2, 0) is 6.42 Å². The van der Waals surface area contributed by atoms with Gasteiger partial charge in [-0.3, -0.25) is 4.90 Å². The maximum atomic E-state index is 12.9. The highest BCUT2D eigenvalue weighted by atomic mass is 79.9. The van der Waals surface area contributed by atoms with E-state index in [1.165, 1.54) is 22.9 Å². The molecule has 31 heavy (non-hydrogen) atoms. The van der Waals surface area contributed by atoms with E-state index in [-0.39, 0.29) is 12.1 Å². The average Bonchev–Trinajstić information content (AvgIpc) is 2.80. The van der Waals surface area contributed by atoms with Gasteiger partial charge in [-0.1, -0.05) is 34.1 Å². The van der Waals surface area contributed by atoms with Crippen molar-refractivity contribution in [2.75, 3.05) is 45.2 Å². The molecule has 5 nitrogen and oxygen atoms in total. The molecule has 2 aromatic carbocycles. The molecule has 1 atom stereocenters. The van der Waals surface area contributed by atoms with Crippen molar-refractivity contribution in [1.29, 1.82) is 0 Å². The Kier molecular flexibility index (Phi) is 7.18. The second-order valence-electron chi connectivity index (χ2n) is 8.73. The van der Waals surface area contributed by atoms with Crippen molar-refractivity contribution in [2.24, 2.45) is 5.92 Å². The molecule has 4 rings (SSSR count). The standard InChI is InChI=1S/C25H32BrN3O2/c1-27-22(12-15-29(25(27)30)21-6-4-3-5-7-21)18-28-13-10-19(11-14-28)16-20-17-23(31-2)8-9-24(20)26/h3-9,17,19,22H,10-16,18H2,1-2H3. The van der Waals surface area contributed by atoms with Gasteiger partial charge in [-0.05, 0) is 80.6 Å². The van der Waals surface area contributed by atoms with Crippen LogP contribution in [0, 0.1) is 5.92 Å². The first kappa shape index (κ1) is 22.2. The second kappa shape index (κ2) is 10.0. The van der Waals surface area contributed by atoms with E-state index in [9.17, 15) is 4.79 Å². The van der Waals surface area contributed by atoms with Gasteiger partial charge in [-0.15, -0.1) is 0 Å². The minimum Gasteiger partial charge on any atom is -0.497 e. The lowest BCUT2D eigenvalue weighted by molar-refractivity contribution is 0.122. The van der Waals surface area contributed by atoms with Crippen LogP contribution in [0.5, 0.6) is 5.75 Å². The van der Waals surface area contributed by atoms with Crippen LogP contribution in [0.4, 0.5) is 10.5 Å². The van der Waals surface area contributed by atoms with E-state index in [1.54, 1.807) is 7.11 Å². The topological polar surface area (TPSA) is 36.0 Å². The van der Waals surface area contributed by atoms with E-state index in [0.29, 0.717) is 5.92 Å². The molecular formula is C25H32BrN3O2. The third kappa shape index (κ3) is 5.24. The first-order valence-electron chi connectivity index (χ1n) is 11.2. The molecule has 6 heteroatoms. The maximum Gasteiger partial charge on any atom is 0.324 e. The molecule has 2 fully saturated rings. The molecule has 0 aliphatic carbocycles. The van der Waals surface area contributed by atoms with Crippen LogP contribution in [0.25, 0.3) is 0 Å². The molecule has 166 valence electrons. The van der Waals surface area contributed by atoms with Crippen molar-refractivity contribution in [3.05, 3.63) is 58.6 Å². The Morgan fingerprint density at radius 2 is 1.77 bits per heavy atom. The van der Waals surface area contributed by atoms with E-state index >= 15 is 0 Å². The smallest absolute Gasteiger partial charge is 0.324 e. The number of carbonyl (C=O) groups is 1. The van der Waals surface area contributed by atoms with Crippen molar-refractivity contribution in [1.82, 2.24) is 9.80 Å². The zero-order chi connectivity index (χ0) is 21.8. The number of nitrogens with zero attached hydrogens (tertiary/aromatic N) is 3. The summed E-state index contributed by atoms with van der Waals surface area (Å²) in [5.74, 6) is 1.61. The lowest BCUT2D eigenvalue weighted by atomic mass is 9.90. The van der Waals surface area contributed by atoms with Crippen LogP contribution in [0.1, 0.15) is 24.8 Å². The summed E-state index contributed by atoms with van der Waals surface area (Å²) in [5.41, 5.74) is 2.32. The lowest BCUT2D eigenvalue weighted by Gasteiger charge is -2.42. The van der Waals surface area contributed by atoms with Gasteiger partial charge in [0.15, 0.2) is 0 Å². The third-order valence-electron chi connectivity index (χ3n) is 6.77. The Bertz CT molecular complexity index is 884. The van der Waals surface area contributed by atoms with Gasteiger partial charge in [-0.2, -0.15) is 0 Å². The van der Waals surface area contributed by atoms with Gasteiger partial charge >= 0.3 is 6.03 Å². The van der Waals surface area contributed by atoms with Crippen LogP contribution < -0.4 is 9.64 Å². The molecule has 0 bridgehead atoms. The van der Waals surface area contributed by atoms with Crippen molar-refractivity contribution in [3.8, 4) is 5.75 Å². The molecule has 2 aliphatic heterocycles. The minimum atomic E-state index is 0.111. The number of hydrogen-bond acceptors (Lipinski definition) is 3. The molecule has 2 amide bonds. The summed E-state index contributed by atoms with van der Waals surface area (Å²) in [4.78, 5) is 19.3. The van der Waals surface area contributed by atoms with Gasteiger partial charge in [-0.25, -0.2) is 4.79 Å². The fourth-order valence-electron chi connectivity index (χ4n) is 4.79. The molecule has 1 unspecified atom stereocenters. The third-order valence-corrected chi connectivity index (χ3v) is 7.55. The largest absolute Gasteiger partial charge is 0.497 e. The van der Waals surface area contributed by atoms with E-state index in [1.807, 2.05) is 53.2 Å². The van der Waals surface area contributed by atoms with Crippen LogP contribution >= 0.6 is 15.9 Å². The molecule has 2 saturated heterocycles. The number of halogens is 1. The highest BCUT2D eigenvalue weighted by molar-refractivity contribution is 9.10. The molecule has 0 radical (unpaired) electrons. The number of carbonyl (C=O) groups excluding carboxylic acids is 1. The summed E-state index contributed by atoms with van der Waals surface area (Å²) < 4.78 is 6.56. The number of urea groups is 1. The molecule has 0 spiro atoms. The minimum absolute atomic E-state index is 0.111. The van der Waals surface area contributed by atoms with Crippen LogP contribution in [-0.4, -0.2) is 62.2 Å². The quantitative estimate of drug-likeness (QED) is 0.574. The number of amides is 2. The number of likely N-dealkylation sites (tertiary alicyclic amines) is 1. The summed E-state index contributed by atoms with van der Waals surface area (Å²) >= 11 is 3.69. The number of hydrogen-bond donors (Lipinski definition) is 0. The number of ether oxygens (including phenoxy) is 1. The van der Waals surface area contributed by atoms with Gasteiger partial charge in [0, 0.05) is 36.3 Å². The molecule has 0 saturated carbocycles. The predicted octanol–water partition coefficient (Wildman–Crippen LogP) is 5.04. The number of likely N-dealkylation sites (N-methyl/N-ethyl adjacent to an activating group) is 1. The van der Waals surface area contributed by atoms with Crippen LogP contribution in [0.2, 0.25) is 0 Å². The first-order valence-corrected chi connectivity index (χ1v) is 12.0. The maximum absolute atomic E-state index is 12.9. The molecule has 2 heterocycles. The van der Waals surface area contributed by atoms with Crippen LogP contribution in [0.15, 0.2) is 53.0 Å². The highest BCUT2D eigenvalue weighted by Crippen LogP contribution is 2.29. The number of rotatable bonds is 6. The fraction of sp³-hybridized carbons (Fsp3) is 0.480. The second-order valence-corrected chi connectivity index (χ2v) is 9.58. The SMILES string of the molecule is COc1ccc(Br)c(CC2CCN(CC3CCN(c4ccccc4)C(=O)N3C)CC2)c1. The Morgan fingerprint density at radius 3 is 2.48 bits per heavy atom. The zero-order valence-electron chi connectivity index (χ0n) is 18.5. The zero-order valence-corrected chi connectivity index (χ0v) is 20.1. The Hall–Kier alpha value is -2.05. The van der Waals surface area contributed by atoms with Gasteiger partial charge in [0.2, 0.25) is 0 Å². The number of piperidine rings is 1. The van der Waals surface area contributed by atoms with E-state index in [0.717, 1.165) is 50.5 Å². The van der Waals surface area contributed by atoms with Crippen molar-refractivity contribution < 1.29 is 9.53 Å². The molecule has 0 N–H and O–H groups in total. The van der Waals surface area contributed by atoms with Crippen molar-refractivity contribution in [2.45, 2.75) is 31.7 Å². The highest BCUT2D eigenvalue weighted by Gasteiger charge is 2.33. The molecule has 2 aromatic rings. The molecular weight excluding hydrogens is 454 g/mol. The summed E-state index contributed by atoms with van der Waals surface area (Å²) in [5, 5.41) is 0. The summed E-state index contributed by atoms with van der Waals surface area (Å²) in [6.45, 7) is 3.97. The van der Waals surface area contributed by atoms with Crippen LogP contribution in [0.3, 0.4) is 0 Å². The van der Waals surface area contributed by atoms with Gasteiger partial charge in [0.25, 0.3) is 0 Å². The molecule has 2 aliphatic rings. The van der Waals surface area contributed by atoms with Crippen molar-refractivity contribution >= 4 is 27.6 Å². The first-order chi connectivity index (χ1) is 15.0. The number of anilines is 1. The normalized spacial score (nSPS) is 20.9. The van der Waals surface area contributed by atoms with E-state index in [2.05, 4.69) is 33.0 Å². The lowest BCUT2D eigenvalue weighted by Crippen LogP contribution is -2.56.